The van der Waals surface area contributed by atoms with E-state index in [4.69, 9.17) is 15.4 Å². The summed E-state index contributed by atoms with van der Waals surface area (Å²) in [5.41, 5.74) is 0. The first-order valence-corrected chi connectivity index (χ1v) is 8.31. The van der Waals surface area contributed by atoms with Gasteiger partial charge < -0.3 is 4.74 Å². The topological polar surface area (TPSA) is 43.4 Å². The normalized spacial score (nSPS) is 13.4. The molecule has 1 aromatic carbocycles. The number of hydrogen-bond donors (Lipinski definition) is 0. The molecule has 0 amide bonds. The van der Waals surface area contributed by atoms with Gasteiger partial charge in [0.1, 0.15) is 5.75 Å². The van der Waals surface area contributed by atoms with E-state index in [9.17, 15) is 8.42 Å². The molecule has 0 spiro atoms. The van der Waals surface area contributed by atoms with Crippen LogP contribution in [0, 0.1) is 5.92 Å². The van der Waals surface area contributed by atoms with E-state index >= 15 is 0 Å². The van der Waals surface area contributed by atoms with E-state index in [1.165, 1.54) is 12.1 Å². The molecule has 0 saturated heterocycles. The Kier molecular flexibility index (Phi) is 5.28. The van der Waals surface area contributed by atoms with E-state index in [1.54, 1.807) is 6.07 Å². The summed E-state index contributed by atoms with van der Waals surface area (Å²) in [7, 11) is 1.55. The number of hydrogen-bond acceptors (Lipinski definition) is 3. The second-order valence-electron chi connectivity index (χ2n) is 3.85. The number of halogens is 2. The lowest BCUT2D eigenvalue weighted by Crippen LogP contribution is -2.07. The van der Waals surface area contributed by atoms with Crippen molar-refractivity contribution in [1.82, 2.24) is 0 Å². The first-order chi connectivity index (χ1) is 7.84. The van der Waals surface area contributed by atoms with Gasteiger partial charge >= 0.3 is 0 Å². The van der Waals surface area contributed by atoms with Gasteiger partial charge in [-0.15, -0.1) is 0 Å². The largest absolute Gasteiger partial charge is 0.492 e. The van der Waals surface area contributed by atoms with Crippen LogP contribution < -0.4 is 4.74 Å². The van der Waals surface area contributed by atoms with E-state index in [0.717, 1.165) is 6.42 Å². The van der Waals surface area contributed by atoms with Gasteiger partial charge in [-0.2, -0.15) is 0 Å². The summed E-state index contributed by atoms with van der Waals surface area (Å²) >= 11 is 3.26. The quantitative estimate of drug-likeness (QED) is 0.765. The van der Waals surface area contributed by atoms with E-state index in [1.807, 2.05) is 0 Å². The van der Waals surface area contributed by atoms with E-state index < -0.39 is 9.05 Å². The fourth-order valence-electron chi connectivity index (χ4n) is 1.10. The highest BCUT2D eigenvalue weighted by Gasteiger charge is 2.13. The van der Waals surface area contributed by atoms with Crippen molar-refractivity contribution in [3.63, 3.8) is 0 Å². The van der Waals surface area contributed by atoms with Crippen LogP contribution in [0.4, 0.5) is 0 Å². The molecule has 0 N–H and O–H groups in total. The molecule has 0 fully saturated rings. The number of benzene rings is 1. The number of rotatable bonds is 5. The Balaban J connectivity index is 2.84. The zero-order valence-corrected chi connectivity index (χ0v) is 12.8. The van der Waals surface area contributed by atoms with Gasteiger partial charge in [-0.25, -0.2) is 8.42 Å². The molecular formula is C11H14BrClO3S. The molecule has 1 rings (SSSR count). The molecule has 0 radical (unpaired) electrons. The van der Waals surface area contributed by atoms with Gasteiger partial charge in [-0.1, -0.05) is 20.3 Å². The third kappa shape index (κ3) is 4.48. The van der Waals surface area contributed by atoms with Gasteiger partial charge in [-0.05, 0) is 40.0 Å². The highest BCUT2D eigenvalue weighted by Crippen LogP contribution is 2.29. The Morgan fingerprint density at radius 1 is 1.47 bits per heavy atom. The van der Waals surface area contributed by atoms with Crippen LogP contribution in [0.15, 0.2) is 27.6 Å². The van der Waals surface area contributed by atoms with Crippen LogP contribution in [-0.2, 0) is 9.05 Å². The van der Waals surface area contributed by atoms with Crippen LogP contribution in [0.3, 0.4) is 0 Å². The smallest absolute Gasteiger partial charge is 0.261 e. The van der Waals surface area contributed by atoms with Gasteiger partial charge in [0.15, 0.2) is 0 Å². The standard InChI is InChI=1S/C11H14BrClO3S/c1-3-8(2)7-16-11-5-4-9(6-10(11)12)17(13,14)15/h4-6,8H,3,7H2,1-2H3. The highest BCUT2D eigenvalue weighted by atomic mass is 79.9. The molecule has 0 heterocycles. The SMILES string of the molecule is CCC(C)COc1ccc(S(=O)(=O)Cl)cc1Br. The van der Waals surface area contributed by atoms with Crippen LogP contribution in [0.25, 0.3) is 0 Å². The third-order valence-electron chi connectivity index (χ3n) is 2.41. The molecule has 6 heteroatoms. The van der Waals surface area contributed by atoms with Gasteiger partial charge in [0.25, 0.3) is 9.05 Å². The first kappa shape index (κ1) is 14.8. The lowest BCUT2D eigenvalue weighted by molar-refractivity contribution is 0.255. The fraction of sp³-hybridized carbons (Fsp3) is 0.455. The Morgan fingerprint density at radius 2 is 2.12 bits per heavy atom. The molecule has 0 aliphatic rings. The van der Waals surface area contributed by atoms with Gasteiger partial charge in [0.05, 0.1) is 16.0 Å². The second-order valence-corrected chi connectivity index (χ2v) is 7.27. The maximum atomic E-state index is 11.1. The van der Waals surface area contributed by atoms with Crippen molar-refractivity contribution in [1.29, 1.82) is 0 Å². The Morgan fingerprint density at radius 3 is 2.59 bits per heavy atom. The third-order valence-corrected chi connectivity index (χ3v) is 4.38. The van der Waals surface area contributed by atoms with Crippen LogP contribution in [0.2, 0.25) is 0 Å². The van der Waals surface area contributed by atoms with E-state index in [0.29, 0.717) is 22.7 Å². The maximum Gasteiger partial charge on any atom is 0.261 e. The lowest BCUT2D eigenvalue weighted by atomic mass is 10.1. The van der Waals surface area contributed by atoms with Crippen molar-refractivity contribution < 1.29 is 13.2 Å². The summed E-state index contributed by atoms with van der Waals surface area (Å²) in [6.45, 7) is 4.78. The second kappa shape index (κ2) is 6.07. The molecule has 0 saturated carbocycles. The molecule has 1 atom stereocenters. The molecule has 1 unspecified atom stereocenters. The van der Waals surface area contributed by atoms with E-state index in [-0.39, 0.29) is 4.90 Å². The van der Waals surface area contributed by atoms with Gasteiger partial charge in [0, 0.05) is 10.7 Å². The zero-order chi connectivity index (χ0) is 13.1. The molecule has 0 aliphatic carbocycles. The monoisotopic (exact) mass is 340 g/mol. The molecular weight excluding hydrogens is 328 g/mol. The summed E-state index contributed by atoms with van der Waals surface area (Å²) in [5.74, 6) is 1.08. The predicted octanol–water partition coefficient (Wildman–Crippen LogP) is 3.80. The minimum absolute atomic E-state index is 0.0573. The van der Waals surface area contributed by atoms with Crippen LogP contribution in [0.5, 0.6) is 5.75 Å². The Labute approximate surface area is 115 Å². The van der Waals surface area contributed by atoms with Crippen LogP contribution in [0.1, 0.15) is 20.3 Å². The number of ether oxygens (including phenoxy) is 1. The van der Waals surface area contributed by atoms with E-state index in [2.05, 4.69) is 29.8 Å². The summed E-state index contributed by atoms with van der Waals surface area (Å²) < 4.78 is 28.4. The molecule has 3 nitrogen and oxygen atoms in total. The molecule has 0 bridgehead atoms. The Hall–Kier alpha value is -0.260. The predicted molar refractivity (Wildman–Crippen MR) is 72.1 cm³/mol. The Bertz CT molecular complexity index is 487. The van der Waals surface area contributed by atoms with Crippen molar-refractivity contribution in [3.8, 4) is 5.75 Å². The minimum Gasteiger partial charge on any atom is -0.492 e. The minimum atomic E-state index is -3.69. The molecule has 1 aromatic rings. The van der Waals surface area contributed by atoms with Crippen molar-refractivity contribution in [2.24, 2.45) is 5.92 Å². The maximum absolute atomic E-state index is 11.1. The summed E-state index contributed by atoms with van der Waals surface area (Å²) in [5, 5.41) is 0. The first-order valence-electron chi connectivity index (χ1n) is 5.21. The van der Waals surface area contributed by atoms with Crippen molar-refractivity contribution in [2.45, 2.75) is 25.2 Å². The van der Waals surface area contributed by atoms with Crippen molar-refractivity contribution in [3.05, 3.63) is 22.7 Å². The van der Waals surface area contributed by atoms with Crippen LogP contribution >= 0.6 is 26.6 Å². The highest BCUT2D eigenvalue weighted by molar-refractivity contribution is 9.10. The van der Waals surface area contributed by atoms with Crippen molar-refractivity contribution >= 4 is 35.7 Å². The summed E-state index contributed by atoms with van der Waals surface area (Å²) in [6, 6.07) is 4.47. The van der Waals surface area contributed by atoms with Gasteiger partial charge in [0.2, 0.25) is 0 Å². The molecule has 17 heavy (non-hydrogen) atoms. The molecule has 0 aromatic heterocycles. The van der Waals surface area contributed by atoms with Gasteiger partial charge in [-0.3, -0.25) is 0 Å². The fourth-order valence-corrected chi connectivity index (χ4v) is 2.52. The zero-order valence-electron chi connectivity index (χ0n) is 9.61. The molecule has 96 valence electrons. The average molecular weight is 342 g/mol. The average Bonchev–Trinajstić information content (AvgIpc) is 2.25. The summed E-state index contributed by atoms with van der Waals surface area (Å²) in [4.78, 5) is 0.0573. The van der Waals surface area contributed by atoms with Crippen LogP contribution in [-0.4, -0.2) is 15.0 Å². The molecule has 0 aliphatic heterocycles. The summed E-state index contributed by atoms with van der Waals surface area (Å²) in [6.07, 6.45) is 1.03. The lowest BCUT2D eigenvalue weighted by Gasteiger charge is -2.12. The van der Waals surface area contributed by atoms with Crippen molar-refractivity contribution in [2.75, 3.05) is 6.61 Å².